The lowest BCUT2D eigenvalue weighted by Gasteiger charge is -2.03. The molecule has 0 amide bonds. The molecule has 0 aliphatic heterocycles. The molecule has 0 N–H and O–H groups in total. The van der Waals surface area contributed by atoms with Gasteiger partial charge in [0.1, 0.15) is 16.6 Å². The number of methoxy groups -OCH3 is 1. The maximum absolute atomic E-state index is 6.00. The Balaban J connectivity index is 1.94. The zero-order valence-corrected chi connectivity index (χ0v) is 13.6. The molecule has 4 rings (SSSR count). The fourth-order valence-corrected chi connectivity index (χ4v) is 3.75. The summed E-state index contributed by atoms with van der Waals surface area (Å²) >= 11 is 7.69. The van der Waals surface area contributed by atoms with E-state index < -0.39 is 0 Å². The highest BCUT2D eigenvalue weighted by atomic mass is 35.5. The minimum absolute atomic E-state index is 0.449. The van der Waals surface area contributed by atoms with E-state index in [0.29, 0.717) is 5.15 Å². The minimum atomic E-state index is 0.449. The smallest absolute Gasteiger partial charge is 0.154 e. The summed E-state index contributed by atoms with van der Waals surface area (Å²) in [7, 11) is 1.69. The molecular formula is C16H12ClN3OS. The Morgan fingerprint density at radius 1 is 1.23 bits per heavy atom. The Kier molecular flexibility index (Phi) is 3.06. The molecule has 3 heterocycles. The molecule has 0 unspecified atom stereocenters. The lowest BCUT2D eigenvalue weighted by atomic mass is 10.1. The Labute approximate surface area is 135 Å². The van der Waals surface area contributed by atoms with Crippen molar-refractivity contribution in [3.63, 3.8) is 0 Å². The number of ether oxygens (including phenoxy) is 1. The van der Waals surface area contributed by atoms with Crippen molar-refractivity contribution in [1.82, 2.24) is 14.6 Å². The number of hydrogen-bond donors (Lipinski definition) is 0. The monoisotopic (exact) mass is 329 g/mol. The fourth-order valence-electron chi connectivity index (χ4n) is 2.55. The Morgan fingerprint density at radius 3 is 2.91 bits per heavy atom. The van der Waals surface area contributed by atoms with Crippen LogP contribution in [0.5, 0.6) is 5.75 Å². The van der Waals surface area contributed by atoms with Gasteiger partial charge in [-0.2, -0.15) is 5.10 Å². The van der Waals surface area contributed by atoms with Gasteiger partial charge in [-0.05, 0) is 48.2 Å². The Hall–Kier alpha value is -2.11. The number of thiophene rings is 1. The SMILES string of the molecule is COc1cc2sc(-c3cnc4ccc(Cl)nn34)cc2cc1C. The van der Waals surface area contributed by atoms with Crippen LogP contribution in [0.3, 0.4) is 0 Å². The van der Waals surface area contributed by atoms with Crippen molar-refractivity contribution in [1.29, 1.82) is 0 Å². The van der Waals surface area contributed by atoms with Gasteiger partial charge in [-0.15, -0.1) is 11.3 Å². The largest absolute Gasteiger partial charge is 0.496 e. The third-order valence-corrected chi connectivity index (χ3v) is 4.94. The van der Waals surface area contributed by atoms with E-state index in [4.69, 9.17) is 16.3 Å². The molecule has 110 valence electrons. The molecule has 0 bridgehead atoms. The molecule has 3 aromatic heterocycles. The van der Waals surface area contributed by atoms with Crippen LogP contribution in [-0.2, 0) is 0 Å². The minimum Gasteiger partial charge on any atom is -0.496 e. The summed E-state index contributed by atoms with van der Waals surface area (Å²) in [6.45, 7) is 2.05. The van der Waals surface area contributed by atoms with Crippen molar-refractivity contribution in [3.8, 4) is 16.3 Å². The first-order chi connectivity index (χ1) is 10.7. The van der Waals surface area contributed by atoms with Gasteiger partial charge in [0.15, 0.2) is 5.65 Å². The summed E-state index contributed by atoms with van der Waals surface area (Å²) < 4.78 is 8.35. The summed E-state index contributed by atoms with van der Waals surface area (Å²) in [5, 5.41) is 5.97. The van der Waals surface area contributed by atoms with Gasteiger partial charge < -0.3 is 4.74 Å². The fraction of sp³-hybridized carbons (Fsp3) is 0.125. The summed E-state index contributed by atoms with van der Waals surface area (Å²) in [6, 6.07) is 9.96. The highest BCUT2D eigenvalue weighted by molar-refractivity contribution is 7.22. The third kappa shape index (κ3) is 2.05. The maximum Gasteiger partial charge on any atom is 0.154 e. The van der Waals surface area contributed by atoms with E-state index in [1.165, 1.54) is 10.1 Å². The number of hydrogen-bond acceptors (Lipinski definition) is 4. The highest BCUT2D eigenvalue weighted by Gasteiger charge is 2.12. The molecule has 4 nitrogen and oxygen atoms in total. The van der Waals surface area contributed by atoms with E-state index in [1.807, 2.05) is 19.2 Å². The second kappa shape index (κ2) is 4.97. The van der Waals surface area contributed by atoms with E-state index in [0.717, 1.165) is 27.5 Å². The number of fused-ring (bicyclic) bond motifs is 2. The summed E-state index contributed by atoms with van der Waals surface area (Å²) in [6.07, 6.45) is 1.83. The van der Waals surface area contributed by atoms with Gasteiger partial charge in [-0.3, -0.25) is 0 Å². The van der Waals surface area contributed by atoms with Gasteiger partial charge in [0.25, 0.3) is 0 Å². The zero-order valence-electron chi connectivity index (χ0n) is 12.0. The van der Waals surface area contributed by atoms with Crippen molar-refractivity contribution in [2.24, 2.45) is 0 Å². The van der Waals surface area contributed by atoms with Crippen LogP contribution in [0, 0.1) is 6.92 Å². The van der Waals surface area contributed by atoms with E-state index >= 15 is 0 Å². The molecule has 4 aromatic rings. The van der Waals surface area contributed by atoms with Crippen LogP contribution in [-0.4, -0.2) is 21.7 Å². The summed E-state index contributed by atoms with van der Waals surface area (Å²) in [5.41, 5.74) is 2.85. The van der Waals surface area contributed by atoms with Crippen LogP contribution in [0.25, 0.3) is 26.3 Å². The van der Waals surface area contributed by atoms with Crippen LogP contribution < -0.4 is 4.74 Å². The van der Waals surface area contributed by atoms with Gasteiger partial charge in [0.2, 0.25) is 0 Å². The molecule has 0 aliphatic carbocycles. The van der Waals surface area contributed by atoms with Crippen molar-refractivity contribution >= 4 is 38.7 Å². The normalized spacial score (nSPS) is 11.4. The summed E-state index contributed by atoms with van der Waals surface area (Å²) in [5.74, 6) is 0.903. The van der Waals surface area contributed by atoms with Gasteiger partial charge in [0.05, 0.1) is 18.2 Å². The number of imidazole rings is 1. The van der Waals surface area contributed by atoms with Crippen molar-refractivity contribution in [2.75, 3.05) is 7.11 Å². The summed E-state index contributed by atoms with van der Waals surface area (Å²) in [4.78, 5) is 5.48. The number of aromatic nitrogens is 3. The van der Waals surface area contributed by atoms with Crippen molar-refractivity contribution in [2.45, 2.75) is 6.92 Å². The number of benzene rings is 1. The predicted molar refractivity (Wildman–Crippen MR) is 90.1 cm³/mol. The predicted octanol–water partition coefficient (Wildman–Crippen LogP) is 4.58. The molecule has 0 saturated carbocycles. The van der Waals surface area contributed by atoms with Crippen molar-refractivity contribution < 1.29 is 4.74 Å². The third-order valence-electron chi connectivity index (χ3n) is 3.62. The molecule has 6 heteroatoms. The number of rotatable bonds is 2. The molecule has 0 saturated heterocycles. The average Bonchev–Trinajstić information content (AvgIpc) is 3.08. The first kappa shape index (κ1) is 13.5. The zero-order chi connectivity index (χ0) is 15.3. The molecule has 0 spiro atoms. The lowest BCUT2D eigenvalue weighted by Crippen LogP contribution is -1.92. The second-order valence-corrected chi connectivity index (χ2v) is 6.51. The molecule has 0 atom stereocenters. The second-order valence-electron chi connectivity index (χ2n) is 5.04. The van der Waals surface area contributed by atoms with Gasteiger partial charge in [-0.25, -0.2) is 9.50 Å². The maximum atomic E-state index is 6.00. The first-order valence-electron chi connectivity index (χ1n) is 6.74. The van der Waals surface area contributed by atoms with Crippen molar-refractivity contribution in [3.05, 3.63) is 47.2 Å². The number of aryl methyl sites for hydroxylation is 1. The van der Waals surface area contributed by atoms with Gasteiger partial charge in [-0.1, -0.05) is 11.6 Å². The Morgan fingerprint density at radius 2 is 2.09 bits per heavy atom. The molecular weight excluding hydrogens is 318 g/mol. The van der Waals surface area contributed by atoms with Crippen LogP contribution in [0.15, 0.2) is 36.5 Å². The van der Waals surface area contributed by atoms with E-state index in [-0.39, 0.29) is 0 Å². The Bertz CT molecular complexity index is 1010. The van der Waals surface area contributed by atoms with Crippen LogP contribution in [0.4, 0.5) is 0 Å². The lowest BCUT2D eigenvalue weighted by molar-refractivity contribution is 0.412. The van der Waals surface area contributed by atoms with Crippen LogP contribution in [0.2, 0.25) is 5.15 Å². The molecule has 0 aliphatic rings. The van der Waals surface area contributed by atoms with Gasteiger partial charge >= 0.3 is 0 Å². The van der Waals surface area contributed by atoms with E-state index in [1.54, 1.807) is 29.0 Å². The van der Waals surface area contributed by atoms with E-state index in [2.05, 4.69) is 28.3 Å². The topological polar surface area (TPSA) is 39.4 Å². The standard InChI is InChI=1S/C16H12ClN3OS/c1-9-5-10-6-14(22-13(10)7-12(9)21-2)11-8-18-16-4-3-15(17)19-20(11)16/h3-8H,1-2H3. The molecule has 1 aromatic carbocycles. The molecule has 0 radical (unpaired) electrons. The van der Waals surface area contributed by atoms with E-state index in [9.17, 15) is 0 Å². The number of halogens is 1. The first-order valence-corrected chi connectivity index (χ1v) is 7.94. The quantitative estimate of drug-likeness (QED) is 0.540. The highest BCUT2D eigenvalue weighted by Crippen LogP contribution is 2.36. The van der Waals surface area contributed by atoms with Crippen LogP contribution >= 0.6 is 22.9 Å². The number of nitrogens with zero attached hydrogens (tertiary/aromatic N) is 3. The van der Waals surface area contributed by atoms with Gasteiger partial charge in [0, 0.05) is 4.70 Å². The molecule has 22 heavy (non-hydrogen) atoms. The average molecular weight is 330 g/mol. The van der Waals surface area contributed by atoms with Crippen LogP contribution in [0.1, 0.15) is 5.56 Å². The molecule has 0 fully saturated rings.